The topological polar surface area (TPSA) is 17.1 Å². The second kappa shape index (κ2) is 12.3. The van der Waals surface area contributed by atoms with Crippen LogP contribution in [0.1, 0.15) is 38.2 Å². The van der Waals surface area contributed by atoms with E-state index in [1.807, 2.05) is 54.6 Å². The maximum absolute atomic E-state index is 13.4. The number of hydrogen-bond donors (Lipinski definition) is 0. The van der Waals surface area contributed by atoms with Gasteiger partial charge in [0.05, 0.1) is 10.9 Å². The van der Waals surface area contributed by atoms with Crippen molar-refractivity contribution in [3.8, 4) is 0 Å². The van der Waals surface area contributed by atoms with Crippen LogP contribution in [0, 0.1) is 27.7 Å². The van der Waals surface area contributed by atoms with Crippen molar-refractivity contribution in [1.29, 1.82) is 0 Å². The Morgan fingerprint density at radius 1 is 0.575 bits per heavy atom. The third kappa shape index (κ3) is 5.89. The van der Waals surface area contributed by atoms with Gasteiger partial charge in [0.1, 0.15) is 0 Å². The minimum Gasteiger partial charge on any atom is -0.289 e. The lowest BCUT2D eigenvalue weighted by atomic mass is 9.89. The lowest BCUT2D eigenvalue weighted by Crippen LogP contribution is -2.10. The molecule has 0 aliphatic heterocycles. The van der Waals surface area contributed by atoms with Gasteiger partial charge in [-0.1, -0.05) is 65.3 Å². The van der Waals surface area contributed by atoms with Crippen molar-refractivity contribution >= 4 is 51.6 Å². The molecule has 0 amide bonds. The lowest BCUT2D eigenvalue weighted by Gasteiger charge is -2.20. The minimum atomic E-state index is -0.293. The summed E-state index contributed by atoms with van der Waals surface area (Å²) in [5.41, 5.74) is 5.93. The summed E-state index contributed by atoms with van der Waals surface area (Å²) < 4.78 is 0. The van der Waals surface area contributed by atoms with Gasteiger partial charge in [-0.3, -0.25) is 4.79 Å². The molecule has 5 aromatic carbocycles. The van der Waals surface area contributed by atoms with Gasteiger partial charge in [0, 0.05) is 31.0 Å². The van der Waals surface area contributed by atoms with Crippen molar-refractivity contribution in [3.63, 3.8) is 0 Å². The molecule has 0 heterocycles. The zero-order chi connectivity index (χ0) is 28.4. The van der Waals surface area contributed by atoms with Crippen LogP contribution in [0.5, 0.6) is 0 Å². The molecule has 0 saturated carbocycles. The summed E-state index contributed by atoms with van der Waals surface area (Å²) in [7, 11) is -0.293. The quantitative estimate of drug-likeness (QED) is 0.137. The van der Waals surface area contributed by atoms with Crippen molar-refractivity contribution in [2.75, 3.05) is 0 Å². The fraction of sp³-hybridized carbons (Fsp3) is 0.114. The molecule has 0 radical (unpaired) electrons. The van der Waals surface area contributed by atoms with E-state index in [4.69, 9.17) is 23.2 Å². The number of carbonyl (C=O) groups excluding carboxylic acids is 1. The maximum Gasteiger partial charge on any atom is 0.193 e. The smallest absolute Gasteiger partial charge is 0.193 e. The van der Waals surface area contributed by atoms with Crippen LogP contribution < -0.4 is 0 Å². The van der Waals surface area contributed by atoms with E-state index in [-0.39, 0.29) is 16.7 Å². The molecule has 0 bridgehead atoms. The molecule has 0 fully saturated rings. The number of rotatable bonds is 7. The molecule has 40 heavy (non-hydrogen) atoms. The molecule has 0 aliphatic rings. The highest BCUT2D eigenvalue weighted by molar-refractivity contribution is 7.99. The van der Waals surface area contributed by atoms with Gasteiger partial charge >= 0.3 is 0 Å². The second-order valence-corrected chi connectivity index (χ2v) is 13.7. The molecule has 1 nitrogen and oxygen atoms in total. The molecular formula is C35H29Cl2OS2+. The molecule has 0 saturated heterocycles. The van der Waals surface area contributed by atoms with Gasteiger partial charge in [0.15, 0.2) is 20.5 Å². The van der Waals surface area contributed by atoms with Crippen LogP contribution in [0.15, 0.2) is 128 Å². The zero-order valence-electron chi connectivity index (χ0n) is 22.8. The highest BCUT2D eigenvalue weighted by atomic mass is 35.5. The Morgan fingerprint density at radius 3 is 1.45 bits per heavy atom. The van der Waals surface area contributed by atoms with Crippen molar-refractivity contribution in [2.45, 2.75) is 52.2 Å². The minimum absolute atomic E-state index is 0.0825. The highest BCUT2D eigenvalue weighted by Gasteiger charge is 2.29. The Bertz CT molecular complexity index is 1590. The summed E-state index contributed by atoms with van der Waals surface area (Å²) in [6, 6.07) is 34.5. The SMILES string of the molecule is Cc1c(C)c(C(=O)c2ccccc2)c(C)c(C)c1Sc1ccc([S+](c2ccc(Cl)cc2)c2ccc(Cl)cc2)cc1. The summed E-state index contributed by atoms with van der Waals surface area (Å²) in [4.78, 5) is 19.4. The fourth-order valence-corrected chi connectivity index (χ4v) is 8.23. The first-order chi connectivity index (χ1) is 19.2. The van der Waals surface area contributed by atoms with Crippen molar-refractivity contribution in [1.82, 2.24) is 0 Å². The van der Waals surface area contributed by atoms with Gasteiger partial charge in [0.2, 0.25) is 0 Å². The molecule has 0 N–H and O–H groups in total. The molecule has 0 aliphatic carbocycles. The number of hydrogen-bond acceptors (Lipinski definition) is 2. The number of ketones is 1. The third-order valence-corrected chi connectivity index (χ3v) is 11.3. The second-order valence-electron chi connectivity index (χ2n) is 9.69. The van der Waals surface area contributed by atoms with E-state index < -0.39 is 0 Å². The molecule has 5 aromatic rings. The predicted octanol–water partition coefficient (Wildman–Crippen LogP) is 10.7. The summed E-state index contributed by atoms with van der Waals surface area (Å²) in [5.74, 6) is 0.0825. The van der Waals surface area contributed by atoms with Gasteiger partial charge in [-0.05, 0) is 123 Å². The monoisotopic (exact) mass is 599 g/mol. The zero-order valence-corrected chi connectivity index (χ0v) is 25.9. The van der Waals surface area contributed by atoms with Crippen LogP contribution in [0.4, 0.5) is 0 Å². The number of carbonyl (C=O) groups is 1. The number of benzene rings is 5. The van der Waals surface area contributed by atoms with E-state index in [1.54, 1.807) is 11.8 Å². The Labute approximate surface area is 253 Å². The molecular weight excluding hydrogens is 571 g/mol. The van der Waals surface area contributed by atoms with E-state index in [0.29, 0.717) is 0 Å². The first-order valence-electron chi connectivity index (χ1n) is 13.0. The van der Waals surface area contributed by atoms with Crippen LogP contribution in [-0.2, 0) is 10.9 Å². The van der Waals surface area contributed by atoms with E-state index in [2.05, 4.69) is 76.2 Å². The van der Waals surface area contributed by atoms with E-state index in [0.717, 1.165) is 48.3 Å². The lowest BCUT2D eigenvalue weighted by molar-refractivity contribution is 0.103. The molecule has 0 aromatic heterocycles. The van der Waals surface area contributed by atoms with E-state index in [1.165, 1.54) is 19.6 Å². The van der Waals surface area contributed by atoms with Crippen molar-refractivity contribution in [3.05, 3.63) is 147 Å². The summed E-state index contributed by atoms with van der Waals surface area (Å²) in [6.45, 7) is 8.38. The average molecular weight is 601 g/mol. The molecule has 5 heteroatoms. The third-order valence-electron chi connectivity index (χ3n) is 7.20. The largest absolute Gasteiger partial charge is 0.289 e. The van der Waals surface area contributed by atoms with E-state index in [9.17, 15) is 4.79 Å². The maximum atomic E-state index is 13.4. The van der Waals surface area contributed by atoms with Gasteiger partial charge in [-0.2, -0.15) is 0 Å². The fourth-order valence-electron chi connectivity index (χ4n) is 4.82. The van der Waals surface area contributed by atoms with Crippen molar-refractivity contribution in [2.24, 2.45) is 0 Å². The molecule has 0 atom stereocenters. The Hall–Kier alpha value is -2.95. The van der Waals surface area contributed by atoms with Crippen LogP contribution in [0.2, 0.25) is 10.0 Å². The van der Waals surface area contributed by atoms with Crippen LogP contribution in [-0.4, -0.2) is 5.78 Å². The molecule has 5 rings (SSSR count). The van der Waals surface area contributed by atoms with Gasteiger partial charge in [0.25, 0.3) is 0 Å². The Kier molecular flexibility index (Phi) is 8.77. The van der Waals surface area contributed by atoms with Crippen LogP contribution in [0.25, 0.3) is 0 Å². The molecule has 200 valence electrons. The first kappa shape index (κ1) is 28.6. The Balaban J connectivity index is 1.48. The normalized spacial score (nSPS) is 11.2. The van der Waals surface area contributed by atoms with Crippen molar-refractivity contribution < 1.29 is 4.79 Å². The van der Waals surface area contributed by atoms with Crippen LogP contribution in [0.3, 0.4) is 0 Å². The highest BCUT2D eigenvalue weighted by Crippen LogP contribution is 2.40. The standard InChI is InChI=1S/C35H29Cl2OS2/c1-22-24(3)35(25(4)23(2)33(22)34(38)26-8-6-5-7-9-26)39-29-14-20-32(21-15-29)40(30-16-10-27(36)11-17-30)31-18-12-28(37)13-19-31/h5-21H,1-4H3/q+1. The first-order valence-corrected chi connectivity index (χ1v) is 15.8. The molecule has 0 spiro atoms. The van der Waals surface area contributed by atoms with Crippen LogP contribution >= 0.6 is 35.0 Å². The average Bonchev–Trinajstić information content (AvgIpc) is 2.97. The molecule has 0 unspecified atom stereocenters. The van der Waals surface area contributed by atoms with Gasteiger partial charge in [-0.15, -0.1) is 0 Å². The van der Waals surface area contributed by atoms with Gasteiger partial charge < -0.3 is 0 Å². The Morgan fingerprint density at radius 2 is 1.00 bits per heavy atom. The summed E-state index contributed by atoms with van der Waals surface area (Å²) in [5, 5.41) is 1.45. The van der Waals surface area contributed by atoms with E-state index >= 15 is 0 Å². The predicted molar refractivity (Wildman–Crippen MR) is 171 cm³/mol. The summed E-state index contributed by atoms with van der Waals surface area (Å²) in [6.07, 6.45) is 0. The summed E-state index contributed by atoms with van der Waals surface area (Å²) >= 11 is 14.2. The van der Waals surface area contributed by atoms with Gasteiger partial charge in [-0.25, -0.2) is 0 Å². The number of halogens is 2.